The second-order valence-corrected chi connectivity index (χ2v) is 9.03. The largest absolute Gasteiger partial charge is 0.486 e. The van der Waals surface area contributed by atoms with E-state index in [4.69, 9.17) is 20.8 Å². The van der Waals surface area contributed by atoms with Crippen molar-refractivity contribution in [1.29, 1.82) is 0 Å². The molecule has 34 heavy (non-hydrogen) atoms. The van der Waals surface area contributed by atoms with Crippen LogP contribution < -0.4 is 10.1 Å². The highest BCUT2D eigenvalue weighted by Crippen LogP contribution is 2.22. The average Bonchev–Trinajstić information content (AvgIpc) is 3.45. The Morgan fingerprint density at radius 1 is 1.09 bits per heavy atom. The number of rotatable bonds is 10. The van der Waals surface area contributed by atoms with Gasteiger partial charge < -0.3 is 9.15 Å². The zero-order valence-electron chi connectivity index (χ0n) is 18.6. The van der Waals surface area contributed by atoms with E-state index in [9.17, 15) is 4.79 Å². The van der Waals surface area contributed by atoms with Gasteiger partial charge in [-0.05, 0) is 29.8 Å². The van der Waals surface area contributed by atoms with Gasteiger partial charge in [-0.2, -0.15) is 0 Å². The van der Waals surface area contributed by atoms with Crippen LogP contribution in [-0.2, 0) is 17.9 Å². The van der Waals surface area contributed by atoms with Crippen LogP contribution in [0.15, 0.2) is 64.2 Å². The molecule has 2 heterocycles. The summed E-state index contributed by atoms with van der Waals surface area (Å²) in [6.07, 6.45) is 0. The number of aromatic nitrogens is 5. The van der Waals surface area contributed by atoms with E-state index in [0.29, 0.717) is 34.2 Å². The van der Waals surface area contributed by atoms with Gasteiger partial charge in [0.15, 0.2) is 11.0 Å². The topological polar surface area (TPSA) is 108 Å². The second-order valence-electron chi connectivity index (χ2n) is 7.65. The SMILES string of the molecule is CC(C)c1nnc(NC(=O)CSc2nnc(COc3ccc(Cl)cc3)n2Cc2ccccc2)o1. The Balaban J connectivity index is 1.44. The van der Waals surface area contributed by atoms with Gasteiger partial charge in [-0.15, -0.1) is 15.3 Å². The van der Waals surface area contributed by atoms with Crippen LogP contribution in [0.1, 0.15) is 37.0 Å². The Morgan fingerprint density at radius 2 is 1.85 bits per heavy atom. The van der Waals surface area contributed by atoms with E-state index < -0.39 is 0 Å². The minimum absolute atomic E-state index is 0.0807. The fourth-order valence-corrected chi connectivity index (χ4v) is 3.82. The lowest BCUT2D eigenvalue weighted by Crippen LogP contribution is -2.15. The van der Waals surface area contributed by atoms with Crippen molar-refractivity contribution in [1.82, 2.24) is 25.0 Å². The molecule has 0 fully saturated rings. The Hall–Kier alpha value is -3.37. The van der Waals surface area contributed by atoms with Crippen LogP contribution >= 0.6 is 23.4 Å². The number of carbonyl (C=O) groups is 1. The van der Waals surface area contributed by atoms with E-state index in [2.05, 4.69) is 25.7 Å². The molecular weight excluding hydrogens is 476 g/mol. The lowest BCUT2D eigenvalue weighted by Gasteiger charge is -2.11. The first-order valence-corrected chi connectivity index (χ1v) is 11.9. The fourth-order valence-electron chi connectivity index (χ4n) is 2.94. The van der Waals surface area contributed by atoms with E-state index in [0.717, 1.165) is 5.56 Å². The molecule has 1 N–H and O–H groups in total. The summed E-state index contributed by atoms with van der Waals surface area (Å²) in [4.78, 5) is 12.4. The van der Waals surface area contributed by atoms with Crippen LogP contribution in [0.4, 0.5) is 6.01 Å². The molecule has 0 radical (unpaired) electrons. The quantitative estimate of drug-likeness (QED) is 0.311. The van der Waals surface area contributed by atoms with Crippen LogP contribution in [-0.4, -0.2) is 36.6 Å². The summed E-state index contributed by atoms with van der Waals surface area (Å²) in [7, 11) is 0. The third kappa shape index (κ3) is 6.36. The third-order valence-electron chi connectivity index (χ3n) is 4.67. The number of nitrogens with zero attached hydrogens (tertiary/aromatic N) is 5. The number of nitrogens with one attached hydrogen (secondary N) is 1. The van der Waals surface area contributed by atoms with Gasteiger partial charge in [0.05, 0.1) is 12.3 Å². The smallest absolute Gasteiger partial charge is 0.322 e. The van der Waals surface area contributed by atoms with Crippen molar-refractivity contribution in [3.8, 4) is 5.75 Å². The number of amides is 1. The molecule has 2 aromatic carbocycles. The molecule has 0 atom stereocenters. The maximum absolute atomic E-state index is 12.4. The number of hydrogen-bond acceptors (Lipinski definition) is 8. The van der Waals surface area contributed by atoms with Crippen LogP contribution in [0.5, 0.6) is 5.75 Å². The number of anilines is 1. The van der Waals surface area contributed by atoms with Crippen molar-refractivity contribution in [3.63, 3.8) is 0 Å². The highest BCUT2D eigenvalue weighted by molar-refractivity contribution is 7.99. The number of benzene rings is 2. The number of hydrogen-bond donors (Lipinski definition) is 1. The molecule has 0 aliphatic carbocycles. The molecular formula is C23H23ClN6O3S. The summed E-state index contributed by atoms with van der Waals surface area (Å²) < 4.78 is 13.2. The van der Waals surface area contributed by atoms with E-state index in [1.54, 1.807) is 24.3 Å². The second kappa shape index (κ2) is 11.2. The summed E-state index contributed by atoms with van der Waals surface area (Å²) in [5, 5.41) is 20.2. The Kier molecular flexibility index (Phi) is 7.81. The van der Waals surface area contributed by atoms with Gasteiger partial charge in [-0.3, -0.25) is 14.7 Å². The van der Waals surface area contributed by atoms with Gasteiger partial charge in [0.25, 0.3) is 0 Å². The number of ether oxygens (including phenoxy) is 1. The number of carbonyl (C=O) groups excluding carboxylic acids is 1. The molecule has 2 aromatic heterocycles. The van der Waals surface area contributed by atoms with Crippen molar-refractivity contribution in [2.45, 2.75) is 38.1 Å². The lowest BCUT2D eigenvalue weighted by molar-refractivity contribution is -0.113. The number of halogens is 1. The van der Waals surface area contributed by atoms with E-state index in [1.165, 1.54) is 11.8 Å². The molecule has 4 rings (SSSR count). The highest BCUT2D eigenvalue weighted by atomic mass is 35.5. The normalized spacial score (nSPS) is 11.1. The maximum Gasteiger partial charge on any atom is 0.322 e. The van der Waals surface area contributed by atoms with Crippen LogP contribution in [0.3, 0.4) is 0 Å². The van der Waals surface area contributed by atoms with Crippen molar-refractivity contribution in [2.24, 2.45) is 0 Å². The molecule has 4 aromatic rings. The average molecular weight is 499 g/mol. The van der Waals surface area contributed by atoms with Gasteiger partial charge >= 0.3 is 6.01 Å². The van der Waals surface area contributed by atoms with Gasteiger partial charge in [0.1, 0.15) is 12.4 Å². The molecule has 0 unspecified atom stereocenters. The Bertz CT molecular complexity index is 1230. The van der Waals surface area contributed by atoms with Crippen molar-refractivity contribution < 1.29 is 13.9 Å². The lowest BCUT2D eigenvalue weighted by atomic mass is 10.2. The molecule has 176 valence electrons. The first-order chi connectivity index (χ1) is 16.5. The van der Waals surface area contributed by atoms with Crippen molar-refractivity contribution in [3.05, 3.63) is 76.9 Å². The highest BCUT2D eigenvalue weighted by Gasteiger charge is 2.17. The van der Waals surface area contributed by atoms with Crippen LogP contribution in [0.2, 0.25) is 5.02 Å². The molecule has 0 bridgehead atoms. The zero-order chi connectivity index (χ0) is 23.9. The van der Waals surface area contributed by atoms with E-state index in [-0.39, 0.29) is 30.2 Å². The van der Waals surface area contributed by atoms with Gasteiger partial charge in [-0.1, -0.05) is 72.6 Å². The molecule has 0 aliphatic heterocycles. The minimum Gasteiger partial charge on any atom is -0.486 e. The molecule has 0 saturated heterocycles. The fraction of sp³-hybridized carbons (Fsp3) is 0.261. The number of thioether (sulfide) groups is 1. The summed E-state index contributed by atoms with van der Waals surface area (Å²) in [5.41, 5.74) is 1.08. The van der Waals surface area contributed by atoms with Gasteiger partial charge in [0.2, 0.25) is 11.8 Å². The van der Waals surface area contributed by atoms with E-state index in [1.807, 2.05) is 48.7 Å². The van der Waals surface area contributed by atoms with E-state index >= 15 is 0 Å². The van der Waals surface area contributed by atoms with Gasteiger partial charge in [-0.25, -0.2) is 0 Å². The first kappa shape index (κ1) is 23.8. The molecule has 11 heteroatoms. The zero-order valence-corrected chi connectivity index (χ0v) is 20.2. The summed E-state index contributed by atoms with van der Waals surface area (Å²) >= 11 is 7.21. The van der Waals surface area contributed by atoms with Gasteiger partial charge in [0, 0.05) is 10.9 Å². The monoisotopic (exact) mass is 498 g/mol. The maximum atomic E-state index is 12.4. The van der Waals surface area contributed by atoms with Crippen LogP contribution in [0, 0.1) is 0 Å². The molecule has 0 saturated carbocycles. The van der Waals surface area contributed by atoms with Crippen molar-refractivity contribution in [2.75, 3.05) is 11.1 Å². The summed E-state index contributed by atoms with van der Waals surface area (Å²) in [6, 6.07) is 17.1. The third-order valence-corrected chi connectivity index (χ3v) is 5.89. The molecule has 9 nitrogen and oxygen atoms in total. The standard InChI is InChI=1S/C23H23ClN6O3S/c1-15(2)21-27-28-22(33-21)25-20(31)14-34-23-29-26-19(13-32-18-10-8-17(24)9-11-18)30(23)12-16-6-4-3-5-7-16/h3-11,15H,12-14H2,1-2H3,(H,25,28,31). The Morgan fingerprint density at radius 3 is 2.56 bits per heavy atom. The predicted molar refractivity (Wildman–Crippen MR) is 129 cm³/mol. The van der Waals surface area contributed by atoms with Crippen LogP contribution in [0.25, 0.3) is 0 Å². The first-order valence-electron chi connectivity index (χ1n) is 10.6. The van der Waals surface area contributed by atoms with Crippen molar-refractivity contribution >= 4 is 35.3 Å². The minimum atomic E-state index is -0.280. The molecule has 1 amide bonds. The molecule has 0 aliphatic rings. The Labute approximate surface area is 205 Å². The molecule has 0 spiro atoms. The summed E-state index contributed by atoms with van der Waals surface area (Å²) in [6.45, 7) is 4.62. The predicted octanol–water partition coefficient (Wildman–Crippen LogP) is 4.80. The summed E-state index contributed by atoms with van der Waals surface area (Å²) in [5.74, 6) is 1.68.